The fourth-order valence-corrected chi connectivity index (χ4v) is 1.89. The van der Waals surface area contributed by atoms with Crippen LogP contribution in [0.5, 0.6) is 11.6 Å². The molecule has 0 aliphatic carbocycles. The van der Waals surface area contributed by atoms with E-state index >= 15 is 0 Å². The third kappa shape index (κ3) is 10.8. The zero-order valence-corrected chi connectivity index (χ0v) is 17.6. The molecule has 0 spiro atoms. The second kappa shape index (κ2) is 15.6. The molecule has 0 fully saturated rings. The van der Waals surface area contributed by atoms with E-state index in [0.29, 0.717) is 11.9 Å². The van der Waals surface area contributed by atoms with Gasteiger partial charge in [-0.1, -0.05) is 69.0 Å². The summed E-state index contributed by atoms with van der Waals surface area (Å²) < 4.78 is 5.65. The van der Waals surface area contributed by atoms with Gasteiger partial charge in [-0.25, -0.2) is 4.98 Å². The van der Waals surface area contributed by atoms with Gasteiger partial charge in [0.1, 0.15) is 5.75 Å². The van der Waals surface area contributed by atoms with Crippen molar-refractivity contribution in [3.63, 3.8) is 0 Å². The van der Waals surface area contributed by atoms with E-state index < -0.39 is 0 Å². The van der Waals surface area contributed by atoms with Gasteiger partial charge in [-0.2, -0.15) is 0 Å². The maximum absolute atomic E-state index is 5.65. The second-order valence-electron chi connectivity index (χ2n) is 5.63. The molecule has 3 heteroatoms. The van der Waals surface area contributed by atoms with Gasteiger partial charge < -0.3 is 9.64 Å². The summed E-state index contributed by atoms with van der Waals surface area (Å²) in [5.41, 5.74) is 1.27. The zero-order valence-electron chi connectivity index (χ0n) is 17.6. The third-order valence-corrected chi connectivity index (χ3v) is 3.55. The molecule has 1 atom stereocenters. The molecule has 0 aliphatic heterocycles. The number of pyridine rings is 1. The fourth-order valence-electron chi connectivity index (χ4n) is 1.89. The normalized spacial score (nSPS) is 11.4. The van der Waals surface area contributed by atoms with Crippen LogP contribution in [-0.4, -0.2) is 24.0 Å². The lowest BCUT2D eigenvalue weighted by atomic mass is 10.1. The van der Waals surface area contributed by atoms with Crippen molar-refractivity contribution >= 4 is 0 Å². The molecule has 2 aromatic rings. The molecule has 0 saturated carbocycles. The van der Waals surface area contributed by atoms with E-state index in [2.05, 4.69) is 49.6 Å². The molecule has 3 nitrogen and oxygen atoms in total. The van der Waals surface area contributed by atoms with Crippen LogP contribution in [0.4, 0.5) is 0 Å². The van der Waals surface area contributed by atoms with Crippen molar-refractivity contribution in [3.05, 3.63) is 91.2 Å². The lowest BCUT2D eigenvalue weighted by molar-refractivity contribution is 0.321. The summed E-state index contributed by atoms with van der Waals surface area (Å²) in [7, 11) is 4.14. The van der Waals surface area contributed by atoms with E-state index in [1.165, 1.54) is 5.56 Å². The van der Waals surface area contributed by atoms with Gasteiger partial charge in [-0.3, -0.25) is 0 Å². The summed E-state index contributed by atoms with van der Waals surface area (Å²) in [6.07, 6.45) is 11.2. The van der Waals surface area contributed by atoms with E-state index in [9.17, 15) is 0 Å². The summed E-state index contributed by atoms with van der Waals surface area (Å²) in [4.78, 5) is 6.30. The number of aromatic nitrogens is 1. The number of ether oxygens (including phenoxy) is 1. The van der Waals surface area contributed by atoms with Crippen LogP contribution in [0, 0.1) is 0 Å². The zero-order chi connectivity index (χ0) is 20.5. The van der Waals surface area contributed by atoms with Gasteiger partial charge in [0.25, 0.3) is 0 Å². The monoisotopic (exact) mass is 366 g/mol. The lowest BCUT2D eigenvalue weighted by Crippen LogP contribution is -2.16. The highest BCUT2D eigenvalue weighted by atomic mass is 16.5. The fraction of sp³-hybridized carbons (Fsp3) is 0.292. The first kappa shape index (κ1) is 24.4. The molecule has 1 heterocycles. The summed E-state index contributed by atoms with van der Waals surface area (Å²) in [6.45, 7) is 11.7. The number of hydrogen-bond acceptors (Lipinski definition) is 3. The quantitative estimate of drug-likeness (QED) is 0.524. The maximum Gasteiger partial charge on any atom is 0.219 e. The Bertz CT molecular complexity index is 659. The summed E-state index contributed by atoms with van der Waals surface area (Å²) >= 11 is 0. The molecule has 0 radical (unpaired) electrons. The van der Waals surface area contributed by atoms with E-state index in [1.807, 2.05) is 75.4 Å². The van der Waals surface area contributed by atoms with Gasteiger partial charge in [0.2, 0.25) is 5.88 Å². The summed E-state index contributed by atoms with van der Waals surface area (Å²) in [5.74, 6) is 1.43. The lowest BCUT2D eigenvalue weighted by Gasteiger charge is -2.20. The van der Waals surface area contributed by atoms with Gasteiger partial charge in [-0.05, 0) is 51.7 Å². The van der Waals surface area contributed by atoms with E-state index in [1.54, 1.807) is 12.3 Å². The Morgan fingerprint density at radius 3 is 2.15 bits per heavy atom. The molecule has 2 rings (SSSR count). The highest BCUT2D eigenvalue weighted by molar-refractivity contribution is 5.31. The molecule has 146 valence electrons. The van der Waals surface area contributed by atoms with Crippen molar-refractivity contribution in [1.82, 2.24) is 9.88 Å². The molecule has 0 aliphatic rings. The van der Waals surface area contributed by atoms with Gasteiger partial charge in [0.15, 0.2) is 0 Å². The van der Waals surface area contributed by atoms with Crippen LogP contribution in [-0.2, 0) is 0 Å². The van der Waals surface area contributed by atoms with Crippen molar-refractivity contribution in [2.24, 2.45) is 0 Å². The largest absolute Gasteiger partial charge is 0.439 e. The van der Waals surface area contributed by atoms with Gasteiger partial charge >= 0.3 is 0 Å². The molecule has 0 N–H and O–H groups in total. The minimum absolute atomic E-state index is 0.397. The second-order valence-corrected chi connectivity index (χ2v) is 5.63. The Morgan fingerprint density at radius 1 is 1.00 bits per heavy atom. The molecule has 27 heavy (non-hydrogen) atoms. The molecule has 1 aromatic carbocycles. The predicted molar refractivity (Wildman–Crippen MR) is 118 cm³/mol. The highest BCUT2D eigenvalue weighted by Crippen LogP contribution is 2.23. The Balaban J connectivity index is 0.000000637. The first-order valence-electron chi connectivity index (χ1n) is 9.34. The summed E-state index contributed by atoms with van der Waals surface area (Å²) in [5, 5.41) is 0. The highest BCUT2D eigenvalue weighted by Gasteiger charge is 2.07. The molecule has 1 aromatic heterocycles. The first-order valence-corrected chi connectivity index (χ1v) is 9.34. The van der Waals surface area contributed by atoms with E-state index in [0.717, 1.165) is 5.75 Å². The standard InChI is InChI=1S/C15H18N2O.C7H10.C2H6/c1-12(17(2)3)13-7-9-14(10-8-13)18-15-6-4-5-11-16-15;1-3-5-7-6-4-2;1-2/h4-12H,1-3H3;3-7H,1H2,2H3;1-2H3/b;6-4-,7-5-;. The van der Waals surface area contributed by atoms with Crippen LogP contribution < -0.4 is 4.74 Å². The SMILES string of the molecule is C=C/C=C\C=C/C.CC.CC(c1ccc(Oc2ccccn2)cc1)N(C)C. The van der Waals surface area contributed by atoms with Crippen molar-refractivity contribution < 1.29 is 4.74 Å². The molecule has 1 unspecified atom stereocenters. The molecule has 0 bridgehead atoms. The van der Waals surface area contributed by atoms with Crippen LogP contribution in [0.1, 0.15) is 39.3 Å². The Kier molecular flexibility index (Phi) is 14.1. The first-order chi connectivity index (χ1) is 13.1. The van der Waals surface area contributed by atoms with Gasteiger partial charge in [-0.15, -0.1) is 0 Å². The minimum atomic E-state index is 0.397. The van der Waals surface area contributed by atoms with E-state index in [-0.39, 0.29) is 0 Å². The minimum Gasteiger partial charge on any atom is -0.439 e. The van der Waals surface area contributed by atoms with Gasteiger partial charge in [0, 0.05) is 18.3 Å². The van der Waals surface area contributed by atoms with Crippen LogP contribution in [0.25, 0.3) is 0 Å². The number of allylic oxidation sites excluding steroid dienone is 5. The number of rotatable bonds is 6. The molecular formula is C24H34N2O. The number of benzene rings is 1. The maximum atomic E-state index is 5.65. The molecule has 0 saturated heterocycles. The van der Waals surface area contributed by atoms with Crippen molar-refractivity contribution in [1.29, 1.82) is 0 Å². The number of nitrogens with zero attached hydrogens (tertiary/aromatic N) is 2. The van der Waals surface area contributed by atoms with Crippen molar-refractivity contribution in [3.8, 4) is 11.6 Å². The van der Waals surface area contributed by atoms with Crippen LogP contribution in [0.15, 0.2) is 85.6 Å². The molecular weight excluding hydrogens is 332 g/mol. The smallest absolute Gasteiger partial charge is 0.219 e. The van der Waals surface area contributed by atoms with Crippen LogP contribution in [0.2, 0.25) is 0 Å². The Hall–Kier alpha value is -2.65. The average Bonchev–Trinajstić information content (AvgIpc) is 2.71. The molecule has 0 amide bonds. The Labute approximate surface area is 165 Å². The topological polar surface area (TPSA) is 25.4 Å². The average molecular weight is 367 g/mol. The Morgan fingerprint density at radius 2 is 1.67 bits per heavy atom. The number of hydrogen-bond donors (Lipinski definition) is 0. The van der Waals surface area contributed by atoms with Crippen molar-refractivity contribution in [2.75, 3.05) is 14.1 Å². The van der Waals surface area contributed by atoms with Crippen molar-refractivity contribution in [2.45, 2.75) is 33.7 Å². The van der Waals surface area contributed by atoms with Crippen LogP contribution in [0.3, 0.4) is 0 Å². The predicted octanol–water partition coefficient (Wildman–Crippen LogP) is 6.83. The third-order valence-electron chi connectivity index (χ3n) is 3.55. The van der Waals surface area contributed by atoms with E-state index in [4.69, 9.17) is 4.74 Å². The van der Waals surface area contributed by atoms with Gasteiger partial charge in [0.05, 0.1) is 0 Å². The summed E-state index contributed by atoms with van der Waals surface area (Å²) in [6, 6.07) is 14.1. The van der Waals surface area contributed by atoms with Crippen LogP contribution >= 0.6 is 0 Å².